The van der Waals surface area contributed by atoms with E-state index in [1.807, 2.05) is 0 Å². The van der Waals surface area contributed by atoms with E-state index in [1.54, 1.807) is 7.11 Å². The third-order valence-corrected chi connectivity index (χ3v) is 3.60. The van der Waals surface area contributed by atoms with Crippen LogP contribution in [0.15, 0.2) is 24.3 Å². The van der Waals surface area contributed by atoms with Crippen LogP contribution in [0.5, 0.6) is 0 Å². The summed E-state index contributed by atoms with van der Waals surface area (Å²) in [5, 5.41) is 0. The van der Waals surface area contributed by atoms with Crippen LogP contribution < -0.4 is 0 Å². The van der Waals surface area contributed by atoms with Gasteiger partial charge < -0.3 is 4.74 Å². The maximum absolute atomic E-state index is 5.36. The quantitative estimate of drug-likeness (QED) is 0.795. The number of hydrogen-bond donors (Lipinski definition) is 0. The van der Waals surface area contributed by atoms with Crippen molar-refractivity contribution in [1.82, 2.24) is 4.90 Å². The van der Waals surface area contributed by atoms with Crippen LogP contribution >= 0.6 is 22.6 Å². The summed E-state index contributed by atoms with van der Waals surface area (Å²) >= 11 is 2.34. The summed E-state index contributed by atoms with van der Waals surface area (Å²) in [6.07, 6.45) is 1.61. The second-order valence-electron chi connectivity index (χ2n) is 4.01. The van der Waals surface area contributed by atoms with Crippen molar-refractivity contribution in [3.8, 4) is 0 Å². The van der Waals surface area contributed by atoms with Crippen molar-refractivity contribution in [2.75, 3.05) is 20.2 Å². The van der Waals surface area contributed by atoms with Crippen LogP contribution in [0.4, 0.5) is 0 Å². The van der Waals surface area contributed by atoms with E-state index in [9.17, 15) is 0 Å². The van der Waals surface area contributed by atoms with Gasteiger partial charge in [0.15, 0.2) is 0 Å². The molecule has 1 saturated heterocycles. The van der Waals surface area contributed by atoms with Crippen LogP contribution in [0.2, 0.25) is 0 Å². The molecule has 2 nitrogen and oxygen atoms in total. The number of likely N-dealkylation sites (tertiary alicyclic amines) is 1. The summed E-state index contributed by atoms with van der Waals surface area (Å²) < 4.78 is 6.65. The van der Waals surface area contributed by atoms with Crippen LogP contribution in [-0.4, -0.2) is 31.2 Å². The molecule has 0 aliphatic carbocycles. The molecule has 1 aliphatic heterocycles. The van der Waals surface area contributed by atoms with E-state index in [0.717, 1.165) is 19.6 Å². The summed E-state index contributed by atoms with van der Waals surface area (Å²) in [5.74, 6) is 0. The minimum Gasteiger partial charge on any atom is -0.380 e. The fourth-order valence-corrected chi connectivity index (χ4v) is 2.34. The maximum atomic E-state index is 5.36. The molecule has 0 amide bonds. The molecule has 0 unspecified atom stereocenters. The van der Waals surface area contributed by atoms with Gasteiger partial charge in [0.25, 0.3) is 0 Å². The molecule has 1 aromatic rings. The van der Waals surface area contributed by atoms with Crippen LogP contribution in [0.3, 0.4) is 0 Å². The van der Waals surface area contributed by atoms with Crippen LogP contribution in [0.1, 0.15) is 12.0 Å². The molecule has 1 fully saturated rings. The van der Waals surface area contributed by atoms with Crippen LogP contribution in [-0.2, 0) is 11.3 Å². The van der Waals surface area contributed by atoms with Gasteiger partial charge >= 0.3 is 0 Å². The van der Waals surface area contributed by atoms with Crippen molar-refractivity contribution in [1.29, 1.82) is 0 Å². The lowest BCUT2D eigenvalue weighted by molar-refractivity contribution is 0.107. The Labute approximate surface area is 105 Å². The summed E-state index contributed by atoms with van der Waals surface area (Å²) in [6.45, 7) is 3.28. The number of halogens is 1. The molecule has 2 rings (SSSR count). The van der Waals surface area contributed by atoms with E-state index in [2.05, 4.69) is 51.8 Å². The molecule has 82 valence electrons. The highest BCUT2D eigenvalue weighted by Gasteiger charge is 2.21. The minimum atomic E-state index is 0.439. The van der Waals surface area contributed by atoms with Gasteiger partial charge in [0.1, 0.15) is 0 Å². The Morgan fingerprint density at radius 2 is 2.13 bits per heavy atom. The van der Waals surface area contributed by atoms with E-state index >= 15 is 0 Å². The second kappa shape index (κ2) is 5.27. The maximum Gasteiger partial charge on any atom is 0.0710 e. The normalized spacial score (nSPS) is 22.1. The number of ether oxygens (including phenoxy) is 1. The van der Waals surface area contributed by atoms with Crippen molar-refractivity contribution in [2.45, 2.75) is 19.1 Å². The van der Waals surface area contributed by atoms with Gasteiger partial charge in [-0.05, 0) is 46.7 Å². The number of nitrogens with zero attached hydrogens (tertiary/aromatic N) is 1. The summed E-state index contributed by atoms with van der Waals surface area (Å²) in [4.78, 5) is 2.45. The van der Waals surface area contributed by atoms with E-state index in [4.69, 9.17) is 4.74 Å². The van der Waals surface area contributed by atoms with Crippen LogP contribution in [0.25, 0.3) is 0 Å². The Morgan fingerprint density at radius 1 is 1.40 bits per heavy atom. The molecule has 1 heterocycles. The average Bonchev–Trinajstić information content (AvgIpc) is 2.69. The summed E-state index contributed by atoms with van der Waals surface area (Å²) in [6, 6.07) is 8.75. The highest BCUT2D eigenvalue weighted by Crippen LogP contribution is 2.16. The van der Waals surface area contributed by atoms with Gasteiger partial charge in [-0.3, -0.25) is 4.90 Å². The predicted molar refractivity (Wildman–Crippen MR) is 69.9 cm³/mol. The average molecular weight is 317 g/mol. The van der Waals surface area contributed by atoms with Crippen LogP contribution in [0, 0.1) is 3.57 Å². The molecular formula is C12H16INO. The molecule has 0 N–H and O–H groups in total. The highest BCUT2D eigenvalue weighted by atomic mass is 127. The lowest BCUT2D eigenvalue weighted by Crippen LogP contribution is -2.22. The molecule has 1 atom stereocenters. The third-order valence-electron chi connectivity index (χ3n) is 2.88. The number of benzene rings is 1. The van der Waals surface area contributed by atoms with Crippen molar-refractivity contribution >= 4 is 22.6 Å². The molecule has 0 spiro atoms. The highest BCUT2D eigenvalue weighted by molar-refractivity contribution is 14.1. The smallest absolute Gasteiger partial charge is 0.0710 e. The number of hydrogen-bond acceptors (Lipinski definition) is 2. The Bertz CT molecular complexity index is 312. The van der Waals surface area contributed by atoms with Gasteiger partial charge in [0, 0.05) is 30.3 Å². The lowest BCUT2D eigenvalue weighted by atomic mass is 10.2. The Morgan fingerprint density at radius 3 is 2.73 bits per heavy atom. The van der Waals surface area contributed by atoms with Gasteiger partial charge in [-0.2, -0.15) is 0 Å². The van der Waals surface area contributed by atoms with Gasteiger partial charge in [-0.15, -0.1) is 0 Å². The van der Waals surface area contributed by atoms with Gasteiger partial charge in [-0.25, -0.2) is 0 Å². The topological polar surface area (TPSA) is 12.5 Å². The number of rotatable bonds is 3. The predicted octanol–water partition coefficient (Wildman–Crippen LogP) is 2.51. The molecule has 0 bridgehead atoms. The van der Waals surface area contributed by atoms with Gasteiger partial charge in [-0.1, -0.05) is 12.1 Å². The number of methoxy groups -OCH3 is 1. The SMILES string of the molecule is CO[C@H]1CCN(Cc2ccc(I)cc2)C1. The van der Waals surface area contributed by atoms with E-state index in [1.165, 1.54) is 15.6 Å². The molecule has 1 aliphatic rings. The van der Waals surface area contributed by atoms with Gasteiger partial charge in [0.2, 0.25) is 0 Å². The zero-order valence-electron chi connectivity index (χ0n) is 8.95. The largest absolute Gasteiger partial charge is 0.380 e. The first-order chi connectivity index (χ1) is 7.28. The zero-order chi connectivity index (χ0) is 10.7. The minimum absolute atomic E-state index is 0.439. The monoisotopic (exact) mass is 317 g/mol. The first kappa shape index (κ1) is 11.4. The second-order valence-corrected chi connectivity index (χ2v) is 5.25. The lowest BCUT2D eigenvalue weighted by Gasteiger charge is -2.15. The van der Waals surface area contributed by atoms with Gasteiger partial charge in [0.05, 0.1) is 6.10 Å². The zero-order valence-corrected chi connectivity index (χ0v) is 11.1. The summed E-state index contributed by atoms with van der Waals surface area (Å²) in [5.41, 5.74) is 1.40. The third kappa shape index (κ3) is 3.16. The molecular weight excluding hydrogens is 301 g/mol. The van der Waals surface area contributed by atoms with Crippen molar-refractivity contribution in [3.63, 3.8) is 0 Å². The van der Waals surface area contributed by atoms with E-state index in [-0.39, 0.29) is 0 Å². The first-order valence-corrected chi connectivity index (χ1v) is 6.35. The standard InChI is InChI=1S/C12H16INO/c1-15-12-6-7-14(9-12)8-10-2-4-11(13)5-3-10/h2-5,12H,6-9H2,1H3/t12-/m0/s1. The first-order valence-electron chi connectivity index (χ1n) is 5.27. The summed E-state index contributed by atoms with van der Waals surface area (Å²) in [7, 11) is 1.80. The molecule has 0 aromatic heterocycles. The molecule has 0 radical (unpaired) electrons. The van der Waals surface area contributed by atoms with E-state index in [0.29, 0.717) is 6.10 Å². The van der Waals surface area contributed by atoms with Crippen molar-refractivity contribution in [2.24, 2.45) is 0 Å². The molecule has 3 heteroatoms. The molecule has 1 aromatic carbocycles. The molecule has 0 saturated carbocycles. The van der Waals surface area contributed by atoms with E-state index < -0.39 is 0 Å². The Balaban J connectivity index is 1.90. The molecule has 15 heavy (non-hydrogen) atoms. The fourth-order valence-electron chi connectivity index (χ4n) is 1.98. The van der Waals surface area contributed by atoms with Crippen molar-refractivity contribution in [3.05, 3.63) is 33.4 Å². The Kier molecular flexibility index (Phi) is 3.99. The fraction of sp³-hybridized carbons (Fsp3) is 0.500. The Hall–Kier alpha value is -0.130. The van der Waals surface area contributed by atoms with Crippen molar-refractivity contribution < 1.29 is 4.74 Å².